The van der Waals surface area contributed by atoms with Gasteiger partial charge in [-0.1, -0.05) is 53.8 Å². The Bertz CT molecular complexity index is 964. The van der Waals surface area contributed by atoms with Crippen molar-refractivity contribution < 1.29 is 14.7 Å². The molecule has 0 aliphatic carbocycles. The summed E-state index contributed by atoms with van der Waals surface area (Å²) in [6.45, 7) is 0. The van der Waals surface area contributed by atoms with Gasteiger partial charge in [-0.15, -0.1) is 0 Å². The SMILES string of the molecule is CSCC[C@@H](C(=O)O)N1C(=O)/C(=C/c2ccc3cccc(Cl)c3n2)SC1=S. The van der Waals surface area contributed by atoms with Gasteiger partial charge in [0.1, 0.15) is 10.4 Å². The number of rotatable bonds is 6. The monoisotopic (exact) mass is 438 g/mol. The Hall–Kier alpha value is -1.61. The fraction of sp³-hybridized carbons (Fsp3) is 0.222. The maximum atomic E-state index is 12.8. The number of carboxylic acids is 1. The van der Waals surface area contributed by atoms with Gasteiger partial charge in [-0.05, 0) is 36.6 Å². The van der Waals surface area contributed by atoms with Crippen molar-refractivity contribution in [1.29, 1.82) is 0 Å². The number of halogens is 1. The van der Waals surface area contributed by atoms with Gasteiger partial charge in [-0.25, -0.2) is 9.78 Å². The predicted octanol–water partition coefficient (Wildman–Crippen LogP) is 4.30. The number of nitrogens with zero attached hydrogens (tertiary/aromatic N) is 2. The van der Waals surface area contributed by atoms with E-state index < -0.39 is 17.9 Å². The molecule has 1 fully saturated rings. The van der Waals surface area contributed by atoms with Gasteiger partial charge in [0.05, 0.1) is 21.1 Å². The maximum absolute atomic E-state index is 12.8. The first-order valence-corrected chi connectivity index (χ1v) is 11.0. The summed E-state index contributed by atoms with van der Waals surface area (Å²) in [5, 5.41) is 10.9. The molecule has 2 heterocycles. The second kappa shape index (κ2) is 8.60. The third-order valence-corrected chi connectivity index (χ3v) is 6.27. The number of carbonyl (C=O) groups excluding carboxylic acids is 1. The number of aliphatic carboxylic acids is 1. The summed E-state index contributed by atoms with van der Waals surface area (Å²) in [6, 6.07) is 8.20. The van der Waals surface area contributed by atoms with Crippen molar-refractivity contribution >= 4 is 80.5 Å². The van der Waals surface area contributed by atoms with Crippen molar-refractivity contribution in [2.24, 2.45) is 0 Å². The number of carboxylic acid groups (broad SMARTS) is 1. The Kier molecular flexibility index (Phi) is 6.41. The second-order valence-corrected chi connectivity index (χ2v) is 8.80. The van der Waals surface area contributed by atoms with Gasteiger partial charge in [0.15, 0.2) is 0 Å². The summed E-state index contributed by atoms with van der Waals surface area (Å²) >= 11 is 14.1. The van der Waals surface area contributed by atoms with E-state index in [-0.39, 0.29) is 4.32 Å². The van der Waals surface area contributed by atoms with E-state index in [1.807, 2.05) is 24.5 Å². The molecule has 1 N–H and O–H groups in total. The smallest absolute Gasteiger partial charge is 0.326 e. The molecule has 0 radical (unpaired) electrons. The third kappa shape index (κ3) is 4.29. The summed E-state index contributed by atoms with van der Waals surface area (Å²) in [7, 11) is 0. The average molecular weight is 439 g/mol. The molecule has 3 rings (SSSR count). The van der Waals surface area contributed by atoms with Crippen molar-refractivity contribution in [3.05, 3.63) is 46.0 Å². The van der Waals surface area contributed by atoms with Crippen LogP contribution in [0.3, 0.4) is 0 Å². The van der Waals surface area contributed by atoms with Crippen molar-refractivity contribution in [3.63, 3.8) is 0 Å². The van der Waals surface area contributed by atoms with Gasteiger partial charge in [0, 0.05) is 5.39 Å². The van der Waals surface area contributed by atoms with Crippen LogP contribution in [0.1, 0.15) is 12.1 Å². The molecule has 1 aliphatic heterocycles. The minimum atomic E-state index is -1.06. The number of para-hydroxylation sites is 1. The second-order valence-electron chi connectivity index (χ2n) is 5.73. The Morgan fingerprint density at radius 3 is 2.93 bits per heavy atom. The molecule has 1 atom stereocenters. The van der Waals surface area contributed by atoms with E-state index in [2.05, 4.69) is 4.98 Å². The first-order chi connectivity index (χ1) is 12.9. The lowest BCUT2D eigenvalue weighted by Crippen LogP contribution is -2.44. The first-order valence-electron chi connectivity index (χ1n) is 7.96. The number of thiocarbonyl (C=S) groups is 1. The van der Waals surface area contributed by atoms with E-state index in [9.17, 15) is 14.7 Å². The molecular formula is C18H15ClN2O3S3. The molecule has 1 aromatic carbocycles. The van der Waals surface area contributed by atoms with E-state index in [4.69, 9.17) is 23.8 Å². The van der Waals surface area contributed by atoms with Crippen LogP contribution >= 0.6 is 47.3 Å². The van der Waals surface area contributed by atoms with Gasteiger partial charge in [-0.3, -0.25) is 9.69 Å². The van der Waals surface area contributed by atoms with Gasteiger partial charge < -0.3 is 5.11 Å². The zero-order valence-corrected chi connectivity index (χ0v) is 17.4. The Labute approximate surface area is 175 Å². The van der Waals surface area contributed by atoms with Crippen LogP contribution in [-0.4, -0.2) is 49.2 Å². The molecule has 1 aliphatic rings. The van der Waals surface area contributed by atoms with Crippen LogP contribution < -0.4 is 0 Å². The van der Waals surface area contributed by atoms with E-state index in [1.165, 1.54) is 16.7 Å². The number of fused-ring (bicyclic) bond motifs is 1. The Morgan fingerprint density at radius 2 is 2.22 bits per heavy atom. The lowest BCUT2D eigenvalue weighted by molar-refractivity contribution is -0.145. The minimum Gasteiger partial charge on any atom is -0.480 e. The van der Waals surface area contributed by atoms with E-state index in [0.717, 1.165) is 17.1 Å². The number of benzene rings is 1. The molecular weight excluding hydrogens is 424 g/mol. The van der Waals surface area contributed by atoms with Gasteiger partial charge >= 0.3 is 5.97 Å². The summed E-state index contributed by atoms with van der Waals surface area (Å²) in [5.74, 6) is -0.839. The fourth-order valence-electron chi connectivity index (χ4n) is 2.68. The van der Waals surface area contributed by atoms with Crippen LogP contribution in [0.2, 0.25) is 5.02 Å². The van der Waals surface area contributed by atoms with Crippen LogP contribution in [0, 0.1) is 0 Å². The van der Waals surface area contributed by atoms with E-state index >= 15 is 0 Å². The highest BCUT2D eigenvalue weighted by Gasteiger charge is 2.40. The molecule has 1 saturated heterocycles. The number of carbonyl (C=O) groups is 2. The maximum Gasteiger partial charge on any atom is 0.326 e. The number of hydrogen-bond acceptors (Lipinski definition) is 6. The number of amides is 1. The Balaban J connectivity index is 1.92. The van der Waals surface area contributed by atoms with Crippen LogP contribution in [0.15, 0.2) is 35.2 Å². The lowest BCUT2D eigenvalue weighted by Gasteiger charge is -2.22. The highest BCUT2D eigenvalue weighted by Crippen LogP contribution is 2.35. The summed E-state index contributed by atoms with van der Waals surface area (Å²) in [5.41, 5.74) is 1.21. The standard InChI is InChI=1S/C18H15ClN2O3S3/c1-26-8-7-13(17(23)24)21-16(22)14(27-18(21)25)9-11-6-5-10-3-2-4-12(19)15(10)20-11/h2-6,9,13H,7-8H2,1H3,(H,23,24)/b14-9-/t13-/m0/s1. The molecule has 9 heteroatoms. The van der Waals surface area contributed by atoms with Crippen LogP contribution in [0.4, 0.5) is 0 Å². The molecule has 140 valence electrons. The molecule has 1 amide bonds. The molecule has 1 aromatic heterocycles. The van der Waals surface area contributed by atoms with Crippen molar-refractivity contribution in [3.8, 4) is 0 Å². The van der Waals surface area contributed by atoms with Crippen LogP contribution in [-0.2, 0) is 9.59 Å². The fourth-order valence-corrected chi connectivity index (χ4v) is 4.71. The topological polar surface area (TPSA) is 70.5 Å². The normalized spacial score (nSPS) is 17.1. The summed E-state index contributed by atoms with van der Waals surface area (Å²) in [4.78, 5) is 30.4. The van der Waals surface area contributed by atoms with E-state index in [0.29, 0.717) is 33.3 Å². The highest BCUT2D eigenvalue weighted by atomic mass is 35.5. The van der Waals surface area contributed by atoms with Gasteiger partial charge in [-0.2, -0.15) is 11.8 Å². The first kappa shape index (κ1) is 20.1. The predicted molar refractivity (Wildman–Crippen MR) is 116 cm³/mol. The zero-order chi connectivity index (χ0) is 19.6. The lowest BCUT2D eigenvalue weighted by atomic mass is 10.2. The van der Waals surface area contributed by atoms with Crippen LogP contribution in [0.25, 0.3) is 17.0 Å². The summed E-state index contributed by atoms with van der Waals surface area (Å²) in [6.07, 6.45) is 3.84. The number of hydrogen-bond donors (Lipinski definition) is 1. The zero-order valence-electron chi connectivity index (χ0n) is 14.2. The Morgan fingerprint density at radius 1 is 1.44 bits per heavy atom. The number of thioether (sulfide) groups is 2. The van der Waals surface area contributed by atoms with E-state index in [1.54, 1.807) is 18.2 Å². The number of aromatic nitrogens is 1. The molecule has 0 spiro atoms. The third-order valence-electron chi connectivity index (χ3n) is 3.99. The molecule has 0 bridgehead atoms. The average Bonchev–Trinajstić information content (AvgIpc) is 2.90. The van der Waals surface area contributed by atoms with Gasteiger partial charge in [0.25, 0.3) is 5.91 Å². The quantitative estimate of drug-likeness (QED) is 0.532. The minimum absolute atomic E-state index is 0.249. The molecule has 0 saturated carbocycles. The van der Waals surface area contributed by atoms with Crippen molar-refractivity contribution in [2.45, 2.75) is 12.5 Å². The molecule has 0 unspecified atom stereocenters. The van der Waals surface area contributed by atoms with Crippen LogP contribution in [0.5, 0.6) is 0 Å². The van der Waals surface area contributed by atoms with Crippen molar-refractivity contribution in [1.82, 2.24) is 9.88 Å². The van der Waals surface area contributed by atoms with Gasteiger partial charge in [0.2, 0.25) is 0 Å². The molecule has 27 heavy (non-hydrogen) atoms. The highest BCUT2D eigenvalue weighted by molar-refractivity contribution is 8.26. The number of pyridine rings is 1. The molecule has 2 aromatic rings. The molecule has 5 nitrogen and oxygen atoms in total. The summed E-state index contributed by atoms with van der Waals surface area (Å²) < 4.78 is 0.249. The largest absolute Gasteiger partial charge is 0.480 e. The van der Waals surface area contributed by atoms with Crippen molar-refractivity contribution in [2.75, 3.05) is 12.0 Å².